The summed E-state index contributed by atoms with van der Waals surface area (Å²) in [6.45, 7) is 1.07. The van der Waals surface area contributed by atoms with E-state index in [0.29, 0.717) is 25.2 Å². The lowest BCUT2D eigenvalue weighted by Gasteiger charge is -2.15. The molecule has 1 aromatic heterocycles. The molecule has 0 spiro atoms. The Bertz CT molecular complexity index is 627. The van der Waals surface area contributed by atoms with Crippen LogP contribution in [-0.2, 0) is 22.9 Å². The van der Waals surface area contributed by atoms with Crippen molar-refractivity contribution >= 4 is 15.9 Å². The first-order valence-electron chi connectivity index (χ1n) is 7.43. The number of carbonyl (C=O) groups excluding carboxylic acids is 1. The summed E-state index contributed by atoms with van der Waals surface area (Å²) < 4.78 is 22.3. The van der Waals surface area contributed by atoms with Gasteiger partial charge in [-0.15, -0.1) is 0 Å². The largest absolute Gasteiger partial charge is 0.354 e. The van der Waals surface area contributed by atoms with E-state index in [1.807, 2.05) is 6.07 Å². The van der Waals surface area contributed by atoms with Crippen molar-refractivity contribution in [1.82, 2.24) is 9.88 Å². The number of hydrogen-bond acceptors (Lipinski definition) is 3. The van der Waals surface area contributed by atoms with Gasteiger partial charge in [0, 0.05) is 18.8 Å². The van der Waals surface area contributed by atoms with Crippen LogP contribution < -0.4 is 5.14 Å². The summed E-state index contributed by atoms with van der Waals surface area (Å²) in [5.74, 6) is -0.118. The fraction of sp³-hybridized carbons (Fsp3) is 0.643. The minimum atomic E-state index is -3.47. The van der Waals surface area contributed by atoms with Crippen molar-refractivity contribution in [2.75, 3.05) is 18.8 Å². The molecular formula is C14H21N3O3S. The number of aromatic nitrogens is 1. The van der Waals surface area contributed by atoms with E-state index in [-0.39, 0.29) is 17.6 Å². The maximum Gasteiger partial charge on any atom is 0.270 e. The topological polar surface area (TPSA) is 96.3 Å². The van der Waals surface area contributed by atoms with Crippen molar-refractivity contribution in [2.24, 2.45) is 11.1 Å². The van der Waals surface area contributed by atoms with Gasteiger partial charge in [0.1, 0.15) is 5.69 Å². The Morgan fingerprint density at radius 2 is 2.14 bits per heavy atom. The molecule has 2 heterocycles. The fourth-order valence-electron chi connectivity index (χ4n) is 3.37. The van der Waals surface area contributed by atoms with Crippen LogP contribution in [0, 0.1) is 5.92 Å². The summed E-state index contributed by atoms with van der Waals surface area (Å²) in [5, 5.41) is 5.08. The van der Waals surface area contributed by atoms with Crippen molar-refractivity contribution in [1.29, 1.82) is 0 Å². The zero-order chi connectivity index (χ0) is 15.0. The van der Waals surface area contributed by atoms with Crippen LogP contribution in [-0.4, -0.2) is 43.1 Å². The van der Waals surface area contributed by atoms with Crippen LogP contribution in [0.15, 0.2) is 6.07 Å². The lowest BCUT2D eigenvalue weighted by atomic mass is 9.98. The van der Waals surface area contributed by atoms with Crippen molar-refractivity contribution < 1.29 is 13.2 Å². The maximum atomic E-state index is 12.5. The quantitative estimate of drug-likeness (QED) is 0.857. The van der Waals surface area contributed by atoms with Gasteiger partial charge in [-0.3, -0.25) is 4.79 Å². The van der Waals surface area contributed by atoms with Gasteiger partial charge in [-0.25, -0.2) is 13.6 Å². The van der Waals surface area contributed by atoms with E-state index in [0.717, 1.165) is 12.8 Å². The van der Waals surface area contributed by atoms with Crippen molar-refractivity contribution in [2.45, 2.75) is 32.1 Å². The lowest BCUT2D eigenvalue weighted by Crippen LogP contribution is -2.31. The Kier molecular flexibility index (Phi) is 3.79. The van der Waals surface area contributed by atoms with Crippen molar-refractivity contribution in [3.05, 3.63) is 23.0 Å². The first-order valence-corrected chi connectivity index (χ1v) is 9.14. The molecule has 7 heteroatoms. The Morgan fingerprint density at radius 1 is 1.38 bits per heavy atom. The molecule has 1 saturated heterocycles. The van der Waals surface area contributed by atoms with Gasteiger partial charge < -0.3 is 9.88 Å². The monoisotopic (exact) mass is 311 g/mol. The molecule has 0 bridgehead atoms. The average Bonchev–Trinajstić information content (AvgIpc) is 3.01. The van der Waals surface area contributed by atoms with E-state index >= 15 is 0 Å². The lowest BCUT2D eigenvalue weighted by molar-refractivity contribution is 0.0783. The molecule has 0 saturated carbocycles. The second-order valence-electron chi connectivity index (χ2n) is 6.13. The minimum Gasteiger partial charge on any atom is -0.354 e. The summed E-state index contributed by atoms with van der Waals surface area (Å²) in [7, 11) is -3.47. The first kappa shape index (κ1) is 14.6. The predicted octanol–water partition coefficient (Wildman–Crippen LogP) is 0.644. The van der Waals surface area contributed by atoms with E-state index in [1.54, 1.807) is 4.90 Å². The molecule has 116 valence electrons. The van der Waals surface area contributed by atoms with Crippen LogP contribution in [0.3, 0.4) is 0 Å². The molecule has 21 heavy (non-hydrogen) atoms. The number of primary sulfonamides is 1. The number of H-pyrrole nitrogens is 1. The molecule has 2 aliphatic rings. The van der Waals surface area contributed by atoms with Crippen molar-refractivity contribution in [3.63, 3.8) is 0 Å². The van der Waals surface area contributed by atoms with E-state index in [4.69, 9.17) is 5.14 Å². The van der Waals surface area contributed by atoms with Crippen LogP contribution in [0.1, 0.15) is 41.0 Å². The normalized spacial score (nSPS) is 22.3. The maximum absolute atomic E-state index is 12.5. The Balaban J connectivity index is 1.67. The first-order chi connectivity index (χ1) is 9.92. The van der Waals surface area contributed by atoms with Crippen LogP contribution in [0.5, 0.6) is 0 Å². The van der Waals surface area contributed by atoms with Gasteiger partial charge in [0.2, 0.25) is 10.0 Å². The average molecular weight is 311 g/mol. The SMILES string of the molecule is NS(=O)(=O)CC1CCN(C(=O)c2cc3c([nH]2)CCCC3)C1. The summed E-state index contributed by atoms with van der Waals surface area (Å²) in [5.41, 5.74) is 3.08. The molecule has 1 fully saturated rings. The van der Waals surface area contributed by atoms with Gasteiger partial charge in [-0.2, -0.15) is 0 Å². The number of fused-ring (bicyclic) bond motifs is 1. The second kappa shape index (κ2) is 5.46. The van der Waals surface area contributed by atoms with E-state index in [2.05, 4.69) is 4.98 Å². The number of nitrogens with two attached hydrogens (primary N) is 1. The minimum absolute atomic E-state index is 0.0266. The summed E-state index contributed by atoms with van der Waals surface area (Å²) >= 11 is 0. The molecule has 1 aliphatic heterocycles. The highest BCUT2D eigenvalue weighted by molar-refractivity contribution is 7.89. The van der Waals surface area contributed by atoms with Gasteiger partial charge in [0.25, 0.3) is 5.91 Å². The van der Waals surface area contributed by atoms with Gasteiger partial charge in [0.05, 0.1) is 5.75 Å². The van der Waals surface area contributed by atoms with Gasteiger partial charge >= 0.3 is 0 Å². The highest BCUT2D eigenvalue weighted by Gasteiger charge is 2.30. The molecule has 1 atom stereocenters. The number of nitrogens with one attached hydrogen (secondary N) is 1. The third-order valence-electron chi connectivity index (χ3n) is 4.39. The third kappa shape index (κ3) is 3.29. The molecule has 3 rings (SSSR count). The van der Waals surface area contributed by atoms with Crippen molar-refractivity contribution in [3.8, 4) is 0 Å². The number of nitrogens with zero attached hydrogens (tertiary/aromatic N) is 1. The summed E-state index contributed by atoms with van der Waals surface area (Å²) in [6, 6.07) is 1.96. The van der Waals surface area contributed by atoms with Gasteiger partial charge in [0.15, 0.2) is 0 Å². The molecule has 0 radical (unpaired) electrons. The second-order valence-corrected chi connectivity index (χ2v) is 7.79. The molecule has 1 aromatic rings. The zero-order valence-corrected chi connectivity index (χ0v) is 12.8. The Hall–Kier alpha value is -1.34. The van der Waals surface area contributed by atoms with Crippen LogP contribution in [0.4, 0.5) is 0 Å². The fourth-order valence-corrected chi connectivity index (χ4v) is 4.30. The Labute approximate surface area is 124 Å². The van der Waals surface area contributed by atoms with E-state index < -0.39 is 10.0 Å². The number of sulfonamides is 1. The van der Waals surface area contributed by atoms with Crippen LogP contribution >= 0.6 is 0 Å². The molecule has 0 aromatic carbocycles. The molecule has 1 amide bonds. The molecule has 1 unspecified atom stereocenters. The smallest absolute Gasteiger partial charge is 0.270 e. The molecule has 1 aliphatic carbocycles. The highest BCUT2D eigenvalue weighted by atomic mass is 32.2. The number of amides is 1. The van der Waals surface area contributed by atoms with Gasteiger partial charge in [-0.1, -0.05) is 0 Å². The van der Waals surface area contributed by atoms with E-state index in [1.165, 1.54) is 24.1 Å². The van der Waals surface area contributed by atoms with E-state index in [9.17, 15) is 13.2 Å². The van der Waals surface area contributed by atoms with Crippen LogP contribution in [0.25, 0.3) is 0 Å². The number of aryl methyl sites for hydroxylation is 2. The summed E-state index contributed by atoms with van der Waals surface area (Å²) in [6.07, 6.45) is 5.09. The molecular weight excluding hydrogens is 290 g/mol. The zero-order valence-electron chi connectivity index (χ0n) is 12.0. The standard InChI is InChI=1S/C14H21N3O3S/c15-21(19,20)9-10-5-6-17(8-10)14(18)13-7-11-3-1-2-4-12(11)16-13/h7,10,16H,1-6,8-9H2,(H2,15,19,20). The highest BCUT2D eigenvalue weighted by Crippen LogP contribution is 2.24. The molecule has 3 N–H and O–H groups in total. The van der Waals surface area contributed by atoms with Crippen LogP contribution in [0.2, 0.25) is 0 Å². The Morgan fingerprint density at radius 3 is 2.86 bits per heavy atom. The third-order valence-corrected chi connectivity index (χ3v) is 5.32. The number of carbonyl (C=O) groups is 1. The summed E-state index contributed by atoms with van der Waals surface area (Å²) in [4.78, 5) is 17.5. The van der Waals surface area contributed by atoms with Gasteiger partial charge in [-0.05, 0) is 49.7 Å². The number of rotatable bonds is 3. The number of aromatic amines is 1. The predicted molar refractivity (Wildman–Crippen MR) is 79.4 cm³/mol. The number of likely N-dealkylation sites (tertiary alicyclic amines) is 1. The molecule has 6 nitrogen and oxygen atoms in total. The number of hydrogen-bond donors (Lipinski definition) is 2.